The number of nitrogens with one attached hydrogen (secondary N) is 2. The van der Waals surface area contributed by atoms with Crippen molar-refractivity contribution in [3.63, 3.8) is 0 Å². The molecule has 2 N–H and O–H groups in total. The Kier molecular flexibility index (Phi) is 4.46. The van der Waals surface area contributed by atoms with Crippen LogP contribution in [0.25, 0.3) is 0 Å². The third kappa shape index (κ3) is 3.76. The van der Waals surface area contributed by atoms with Crippen LogP contribution in [-0.4, -0.2) is 6.03 Å². The lowest BCUT2D eigenvalue weighted by molar-refractivity contribution is 0.251. The topological polar surface area (TPSA) is 64.9 Å². The predicted molar refractivity (Wildman–Crippen MR) is 73.4 cm³/mol. The molecule has 106 valence electrons. The summed E-state index contributed by atoms with van der Waals surface area (Å²) in [7, 11) is 0. The van der Waals surface area contributed by atoms with Gasteiger partial charge in [-0.1, -0.05) is 18.2 Å². The van der Waals surface area contributed by atoms with Crippen LogP contribution in [0.1, 0.15) is 11.1 Å². The molecular formula is C15H11F2N3O. The van der Waals surface area contributed by atoms with Gasteiger partial charge in [0, 0.05) is 12.1 Å². The highest BCUT2D eigenvalue weighted by atomic mass is 19.1. The summed E-state index contributed by atoms with van der Waals surface area (Å²) in [6, 6.07) is 10.7. The van der Waals surface area contributed by atoms with Crippen LogP contribution < -0.4 is 10.6 Å². The summed E-state index contributed by atoms with van der Waals surface area (Å²) in [5.74, 6) is -0.985. The van der Waals surface area contributed by atoms with Gasteiger partial charge in [-0.2, -0.15) is 5.26 Å². The van der Waals surface area contributed by atoms with Gasteiger partial charge in [-0.3, -0.25) is 0 Å². The molecule has 2 aromatic carbocycles. The number of nitrogens with zero attached hydrogens (tertiary/aromatic N) is 1. The Hall–Kier alpha value is -2.94. The van der Waals surface area contributed by atoms with Gasteiger partial charge in [0.2, 0.25) is 0 Å². The molecule has 0 aliphatic carbocycles. The zero-order valence-corrected chi connectivity index (χ0v) is 10.9. The first-order chi connectivity index (χ1) is 10.1. The highest BCUT2D eigenvalue weighted by Crippen LogP contribution is 2.15. The minimum atomic E-state index is -0.610. The Balaban J connectivity index is 2.00. The number of benzene rings is 2. The van der Waals surface area contributed by atoms with Gasteiger partial charge in [0.25, 0.3) is 0 Å². The van der Waals surface area contributed by atoms with Crippen LogP contribution in [0.5, 0.6) is 0 Å². The van der Waals surface area contributed by atoms with Crippen molar-refractivity contribution in [2.24, 2.45) is 0 Å². The van der Waals surface area contributed by atoms with Crippen LogP contribution in [0.2, 0.25) is 0 Å². The molecule has 0 spiro atoms. The van der Waals surface area contributed by atoms with Gasteiger partial charge in [0.05, 0.1) is 11.3 Å². The van der Waals surface area contributed by atoms with E-state index >= 15 is 0 Å². The molecule has 2 aromatic rings. The lowest BCUT2D eigenvalue weighted by Crippen LogP contribution is -2.28. The number of nitriles is 1. The van der Waals surface area contributed by atoms with Crippen molar-refractivity contribution in [3.8, 4) is 6.07 Å². The Bertz CT molecular complexity index is 710. The summed E-state index contributed by atoms with van der Waals surface area (Å²) in [5.41, 5.74) is 0.535. The molecule has 0 radical (unpaired) electrons. The number of hydrogen-bond acceptors (Lipinski definition) is 2. The Morgan fingerprint density at radius 1 is 1.19 bits per heavy atom. The number of anilines is 1. The highest BCUT2D eigenvalue weighted by molar-refractivity contribution is 5.90. The van der Waals surface area contributed by atoms with Crippen molar-refractivity contribution >= 4 is 11.7 Å². The smallest absolute Gasteiger partial charge is 0.319 e. The second-order valence-corrected chi connectivity index (χ2v) is 4.20. The average molecular weight is 287 g/mol. The number of carbonyl (C=O) groups excluding carboxylic acids is 1. The Morgan fingerprint density at radius 2 is 1.95 bits per heavy atom. The van der Waals surface area contributed by atoms with E-state index < -0.39 is 17.7 Å². The van der Waals surface area contributed by atoms with Crippen LogP contribution in [0.15, 0.2) is 42.5 Å². The summed E-state index contributed by atoms with van der Waals surface area (Å²) in [5, 5.41) is 13.7. The van der Waals surface area contributed by atoms with E-state index in [2.05, 4.69) is 10.6 Å². The van der Waals surface area contributed by atoms with Gasteiger partial charge in [0.1, 0.15) is 17.7 Å². The van der Waals surface area contributed by atoms with E-state index in [4.69, 9.17) is 5.26 Å². The first-order valence-electron chi connectivity index (χ1n) is 6.08. The first-order valence-corrected chi connectivity index (χ1v) is 6.08. The second kappa shape index (κ2) is 6.48. The van der Waals surface area contributed by atoms with Crippen LogP contribution in [0, 0.1) is 23.0 Å². The fraction of sp³-hybridized carbons (Fsp3) is 0.0667. The molecular weight excluding hydrogens is 276 g/mol. The maximum absolute atomic E-state index is 13.4. The van der Waals surface area contributed by atoms with E-state index in [-0.39, 0.29) is 17.8 Å². The molecule has 0 aliphatic rings. The summed E-state index contributed by atoms with van der Waals surface area (Å²) < 4.78 is 26.3. The van der Waals surface area contributed by atoms with Crippen molar-refractivity contribution in [2.45, 2.75) is 6.54 Å². The van der Waals surface area contributed by atoms with Gasteiger partial charge in [0.15, 0.2) is 0 Å². The fourth-order valence-corrected chi connectivity index (χ4v) is 1.70. The number of amides is 2. The molecule has 0 atom stereocenters. The van der Waals surface area contributed by atoms with Crippen molar-refractivity contribution < 1.29 is 13.6 Å². The molecule has 0 fully saturated rings. The van der Waals surface area contributed by atoms with Gasteiger partial charge >= 0.3 is 6.03 Å². The molecule has 0 aromatic heterocycles. The van der Waals surface area contributed by atoms with Crippen LogP contribution in [0.4, 0.5) is 19.3 Å². The van der Waals surface area contributed by atoms with E-state index in [0.717, 1.165) is 12.1 Å². The lowest BCUT2D eigenvalue weighted by Gasteiger charge is -2.09. The van der Waals surface area contributed by atoms with E-state index in [1.54, 1.807) is 24.3 Å². The van der Waals surface area contributed by atoms with Crippen LogP contribution in [-0.2, 0) is 6.54 Å². The highest BCUT2D eigenvalue weighted by Gasteiger charge is 2.08. The molecule has 0 saturated heterocycles. The number of urea groups is 1. The summed E-state index contributed by atoms with van der Waals surface area (Å²) in [6.45, 7) is 0.00158. The molecule has 0 bridgehead atoms. The SMILES string of the molecule is N#Cc1cc(F)ccc1NC(=O)NCc1ccccc1F. The molecule has 21 heavy (non-hydrogen) atoms. The summed E-state index contributed by atoms with van der Waals surface area (Å²) in [4.78, 5) is 11.7. The number of halogens is 2. The Labute approximate surface area is 120 Å². The maximum atomic E-state index is 13.4. The van der Waals surface area contributed by atoms with Crippen molar-refractivity contribution in [1.29, 1.82) is 5.26 Å². The van der Waals surface area contributed by atoms with Crippen LogP contribution in [0.3, 0.4) is 0 Å². The first kappa shape index (κ1) is 14.5. The molecule has 2 rings (SSSR count). The molecule has 0 unspecified atom stereocenters. The monoisotopic (exact) mass is 287 g/mol. The zero-order chi connectivity index (χ0) is 15.2. The largest absolute Gasteiger partial charge is 0.334 e. The lowest BCUT2D eigenvalue weighted by atomic mass is 10.2. The van der Waals surface area contributed by atoms with Gasteiger partial charge in [-0.15, -0.1) is 0 Å². The van der Waals surface area contributed by atoms with E-state index in [1.165, 1.54) is 12.1 Å². The third-order valence-electron chi connectivity index (χ3n) is 2.75. The summed E-state index contributed by atoms with van der Waals surface area (Å²) in [6.07, 6.45) is 0. The van der Waals surface area contributed by atoms with E-state index in [1.807, 2.05) is 0 Å². The van der Waals surface area contributed by atoms with Crippen molar-refractivity contribution in [2.75, 3.05) is 5.32 Å². The number of hydrogen-bond donors (Lipinski definition) is 2. The van der Waals surface area contributed by atoms with Crippen molar-refractivity contribution in [1.82, 2.24) is 5.32 Å². The molecule has 0 saturated carbocycles. The number of carbonyl (C=O) groups is 1. The Morgan fingerprint density at radius 3 is 2.67 bits per heavy atom. The normalized spacial score (nSPS) is 9.76. The summed E-state index contributed by atoms with van der Waals surface area (Å²) >= 11 is 0. The predicted octanol–water partition coefficient (Wildman–Crippen LogP) is 3.16. The third-order valence-corrected chi connectivity index (χ3v) is 2.75. The van der Waals surface area contributed by atoms with E-state index in [9.17, 15) is 13.6 Å². The zero-order valence-electron chi connectivity index (χ0n) is 10.9. The fourth-order valence-electron chi connectivity index (χ4n) is 1.70. The molecule has 0 heterocycles. The maximum Gasteiger partial charge on any atom is 0.319 e. The van der Waals surface area contributed by atoms with E-state index in [0.29, 0.717) is 5.56 Å². The van der Waals surface area contributed by atoms with Crippen LogP contribution >= 0.6 is 0 Å². The molecule has 2 amide bonds. The second-order valence-electron chi connectivity index (χ2n) is 4.20. The average Bonchev–Trinajstić information content (AvgIpc) is 2.48. The quantitative estimate of drug-likeness (QED) is 0.910. The number of rotatable bonds is 3. The van der Waals surface area contributed by atoms with Gasteiger partial charge in [-0.25, -0.2) is 13.6 Å². The molecule has 6 heteroatoms. The molecule has 0 aliphatic heterocycles. The van der Waals surface area contributed by atoms with Gasteiger partial charge < -0.3 is 10.6 Å². The minimum absolute atomic E-state index is 0.00158. The minimum Gasteiger partial charge on any atom is -0.334 e. The standard InChI is InChI=1S/C15H11F2N3O/c16-12-5-6-14(11(7-12)8-18)20-15(21)19-9-10-3-1-2-4-13(10)17/h1-7H,9H2,(H2,19,20,21). The molecule has 4 nitrogen and oxygen atoms in total. The van der Waals surface area contributed by atoms with Crippen molar-refractivity contribution in [3.05, 3.63) is 65.2 Å². The van der Waals surface area contributed by atoms with Gasteiger partial charge in [-0.05, 0) is 24.3 Å².